The minimum absolute atomic E-state index is 0.0985. The number of anilines is 1. The zero-order valence-corrected chi connectivity index (χ0v) is 20.6. The van der Waals surface area contributed by atoms with Gasteiger partial charge in [0.25, 0.3) is 0 Å². The molecule has 10 heteroatoms. The van der Waals surface area contributed by atoms with Crippen LogP contribution in [0, 0.1) is 5.92 Å². The van der Waals surface area contributed by atoms with Crippen LogP contribution in [-0.4, -0.2) is 95.0 Å². The third-order valence-electron chi connectivity index (χ3n) is 6.31. The number of nitrogens with zero attached hydrogens (tertiary/aromatic N) is 3. The summed E-state index contributed by atoms with van der Waals surface area (Å²) >= 11 is 6.18. The summed E-state index contributed by atoms with van der Waals surface area (Å²) in [4.78, 5) is 17.4. The van der Waals surface area contributed by atoms with E-state index in [2.05, 4.69) is 15.1 Å². The van der Waals surface area contributed by atoms with Crippen LogP contribution in [0.2, 0.25) is 5.02 Å². The maximum atomic E-state index is 12.5. The minimum Gasteiger partial charge on any atom is -0.379 e. The molecule has 1 N–H and O–H groups in total. The molecule has 0 aliphatic carbocycles. The Hall–Kier alpha value is -1.23. The van der Waals surface area contributed by atoms with E-state index in [0.717, 1.165) is 56.2 Å². The molecule has 3 rings (SSSR count). The molecule has 1 amide bonds. The van der Waals surface area contributed by atoms with E-state index in [0.29, 0.717) is 23.7 Å². The highest BCUT2D eigenvalue weighted by molar-refractivity contribution is 7.89. The highest BCUT2D eigenvalue weighted by Gasteiger charge is 2.22. The van der Waals surface area contributed by atoms with Gasteiger partial charge in [0.05, 0.1) is 28.8 Å². The van der Waals surface area contributed by atoms with Crippen molar-refractivity contribution in [1.29, 1.82) is 0 Å². The van der Waals surface area contributed by atoms with Crippen molar-refractivity contribution in [3.05, 3.63) is 23.2 Å². The van der Waals surface area contributed by atoms with E-state index >= 15 is 0 Å². The van der Waals surface area contributed by atoms with Gasteiger partial charge in [0.1, 0.15) is 0 Å². The quantitative estimate of drug-likeness (QED) is 0.577. The Morgan fingerprint density at radius 2 is 1.78 bits per heavy atom. The fourth-order valence-electron chi connectivity index (χ4n) is 4.13. The SMILES string of the molecule is CN(C)S(=O)(=O)c1ccc(Cl)c(NC(=O)CCN2CCC(CCN3CCOCC3)CC2)c1. The molecule has 0 radical (unpaired) electrons. The van der Waals surface area contributed by atoms with Crippen LogP contribution in [0.4, 0.5) is 5.69 Å². The molecule has 2 aliphatic rings. The van der Waals surface area contributed by atoms with Crippen LogP contribution >= 0.6 is 11.6 Å². The summed E-state index contributed by atoms with van der Waals surface area (Å²) < 4.78 is 31.2. The molecule has 1 aromatic rings. The normalized spacial score (nSPS) is 19.4. The van der Waals surface area contributed by atoms with Crippen LogP contribution in [-0.2, 0) is 19.6 Å². The molecule has 0 bridgehead atoms. The maximum absolute atomic E-state index is 12.5. The number of hydrogen-bond donors (Lipinski definition) is 1. The van der Waals surface area contributed by atoms with Crippen LogP contribution in [0.1, 0.15) is 25.7 Å². The van der Waals surface area contributed by atoms with E-state index in [1.165, 1.54) is 51.6 Å². The molecule has 0 aromatic heterocycles. The van der Waals surface area contributed by atoms with Crippen molar-refractivity contribution < 1.29 is 17.9 Å². The van der Waals surface area contributed by atoms with Crippen molar-refractivity contribution >= 4 is 33.2 Å². The predicted molar refractivity (Wildman–Crippen MR) is 127 cm³/mol. The lowest BCUT2D eigenvalue weighted by atomic mass is 9.93. The number of rotatable bonds is 9. The van der Waals surface area contributed by atoms with Gasteiger partial charge in [-0.1, -0.05) is 11.6 Å². The van der Waals surface area contributed by atoms with Crippen molar-refractivity contribution in [2.75, 3.05) is 71.9 Å². The highest BCUT2D eigenvalue weighted by atomic mass is 35.5. The van der Waals surface area contributed by atoms with E-state index in [1.807, 2.05) is 0 Å². The van der Waals surface area contributed by atoms with Crippen LogP contribution in [0.25, 0.3) is 0 Å². The van der Waals surface area contributed by atoms with Crippen molar-refractivity contribution in [2.24, 2.45) is 5.92 Å². The first-order chi connectivity index (χ1) is 15.3. The molecule has 0 atom stereocenters. The van der Waals surface area contributed by atoms with Gasteiger partial charge in [-0.3, -0.25) is 9.69 Å². The fraction of sp³-hybridized carbons (Fsp3) is 0.682. The van der Waals surface area contributed by atoms with Gasteiger partial charge in [0, 0.05) is 40.2 Å². The molecule has 2 fully saturated rings. The minimum atomic E-state index is -3.59. The first-order valence-corrected chi connectivity index (χ1v) is 13.1. The molecule has 32 heavy (non-hydrogen) atoms. The van der Waals surface area contributed by atoms with Gasteiger partial charge in [0.15, 0.2) is 0 Å². The first-order valence-electron chi connectivity index (χ1n) is 11.3. The van der Waals surface area contributed by atoms with Gasteiger partial charge in [-0.2, -0.15) is 0 Å². The lowest BCUT2D eigenvalue weighted by Crippen LogP contribution is -2.39. The number of hydrogen-bond acceptors (Lipinski definition) is 6. The molecule has 0 saturated carbocycles. The van der Waals surface area contributed by atoms with Gasteiger partial charge < -0.3 is 15.0 Å². The van der Waals surface area contributed by atoms with Gasteiger partial charge in [0.2, 0.25) is 15.9 Å². The lowest BCUT2D eigenvalue weighted by Gasteiger charge is -2.33. The van der Waals surface area contributed by atoms with E-state index in [4.69, 9.17) is 16.3 Å². The Balaban J connectivity index is 1.41. The third-order valence-corrected chi connectivity index (χ3v) is 8.45. The fourth-order valence-corrected chi connectivity index (χ4v) is 5.23. The standard InChI is InChI=1S/C22H35ClN4O4S/c1-25(2)32(29,30)19-3-4-20(23)21(17-19)24-22(28)8-12-26-9-5-18(6-10-26)7-11-27-13-15-31-16-14-27/h3-4,17-18H,5-16H2,1-2H3,(H,24,28). The molecule has 2 aliphatic heterocycles. The molecule has 0 unspecified atom stereocenters. The van der Waals surface area contributed by atoms with Crippen LogP contribution < -0.4 is 5.32 Å². The largest absolute Gasteiger partial charge is 0.379 e. The first kappa shape index (κ1) is 25.4. The maximum Gasteiger partial charge on any atom is 0.242 e. The summed E-state index contributed by atoms with van der Waals surface area (Å²) in [5, 5.41) is 3.09. The average Bonchev–Trinajstić information content (AvgIpc) is 2.79. The summed E-state index contributed by atoms with van der Waals surface area (Å²) in [6.45, 7) is 7.65. The molecule has 0 spiro atoms. The number of nitrogens with one attached hydrogen (secondary N) is 1. The monoisotopic (exact) mass is 486 g/mol. The Morgan fingerprint density at radius 3 is 2.44 bits per heavy atom. The molecule has 1 aromatic carbocycles. The smallest absolute Gasteiger partial charge is 0.242 e. The van der Waals surface area contributed by atoms with E-state index in [-0.39, 0.29) is 10.8 Å². The van der Waals surface area contributed by atoms with Gasteiger partial charge in [-0.05, 0) is 63.0 Å². The van der Waals surface area contributed by atoms with Crippen molar-refractivity contribution in [3.8, 4) is 0 Å². The topological polar surface area (TPSA) is 82.2 Å². The zero-order chi connectivity index (χ0) is 23.1. The van der Waals surface area contributed by atoms with Gasteiger partial charge >= 0.3 is 0 Å². The number of piperidine rings is 1. The number of amides is 1. The molecule has 2 saturated heterocycles. The van der Waals surface area contributed by atoms with Crippen LogP contribution in [0.15, 0.2) is 23.1 Å². The summed E-state index contributed by atoms with van der Waals surface area (Å²) in [5.41, 5.74) is 0.321. The molecule has 2 heterocycles. The molecule has 180 valence electrons. The van der Waals surface area contributed by atoms with Crippen molar-refractivity contribution in [2.45, 2.75) is 30.6 Å². The number of carbonyl (C=O) groups is 1. The number of ether oxygens (including phenoxy) is 1. The Bertz CT molecular complexity index is 867. The Morgan fingerprint density at radius 1 is 1.12 bits per heavy atom. The van der Waals surface area contributed by atoms with Crippen LogP contribution in [0.3, 0.4) is 0 Å². The van der Waals surface area contributed by atoms with Gasteiger partial charge in [-0.15, -0.1) is 0 Å². The Labute approximate surface area is 196 Å². The van der Waals surface area contributed by atoms with Gasteiger partial charge in [-0.25, -0.2) is 12.7 Å². The lowest BCUT2D eigenvalue weighted by molar-refractivity contribution is -0.116. The second kappa shape index (κ2) is 11.8. The summed E-state index contributed by atoms with van der Waals surface area (Å²) in [5.74, 6) is 0.587. The molecular weight excluding hydrogens is 452 g/mol. The summed E-state index contributed by atoms with van der Waals surface area (Å²) in [6.07, 6.45) is 3.92. The van der Waals surface area contributed by atoms with E-state index in [1.54, 1.807) is 0 Å². The highest BCUT2D eigenvalue weighted by Crippen LogP contribution is 2.27. The molecule has 8 nitrogen and oxygen atoms in total. The summed E-state index contributed by atoms with van der Waals surface area (Å²) in [7, 11) is -0.660. The predicted octanol–water partition coefficient (Wildman–Crippen LogP) is 2.35. The van der Waals surface area contributed by atoms with Crippen LogP contribution in [0.5, 0.6) is 0 Å². The number of sulfonamides is 1. The van der Waals surface area contributed by atoms with E-state index < -0.39 is 10.0 Å². The number of morpholine rings is 1. The number of likely N-dealkylation sites (tertiary alicyclic amines) is 1. The Kier molecular flexibility index (Phi) is 9.33. The number of halogens is 1. The number of benzene rings is 1. The zero-order valence-electron chi connectivity index (χ0n) is 19.1. The molecular formula is C22H35ClN4O4S. The van der Waals surface area contributed by atoms with E-state index in [9.17, 15) is 13.2 Å². The average molecular weight is 487 g/mol. The summed E-state index contributed by atoms with van der Waals surface area (Å²) in [6, 6.07) is 4.35. The van der Waals surface area contributed by atoms with Crippen molar-refractivity contribution in [1.82, 2.24) is 14.1 Å². The second-order valence-corrected chi connectivity index (χ2v) is 11.3. The third kappa shape index (κ3) is 7.13. The van der Waals surface area contributed by atoms with Crippen molar-refractivity contribution in [3.63, 3.8) is 0 Å². The number of carbonyl (C=O) groups excluding carboxylic acids is 1. The second-order valence-electron chi connectivity index (χ2n) is 8.75.